The average Bonchev–Trinajstić information content (AvgIpc) is 2.43. The first-order valence-electron chi connectivity index (χ1n) is 7.52. The number of nitrogens with one attached hydrogen (secondary N) is 1. The molecule has 3 atom stereocenters. The molecule has 1 aliphatic heterocycles. The van der Waals surface area contributed by atoms with Crippen molar-refractivity contribution < 1.29 is 23.1 Å². The first kappa shape index (κ1) is 18.2. The molecule has 7 heteroatoms. The molecular weight excluding hydrogens is 285 g/mol. The number of likely N-dealkylation sites (tertiary alicyclic amines) is 1. The minimum Gasteiger partial charge on any atom is -0.393 e. The minimum atomic E-state index is -4.27. The number of aliphatic hydroxyl groups is 1. The van der Waals surface area contributed by atoms with E-state index in [9.17, 15) is 23.1 Å². The fourth-order valence-corrected chi connectivity index (χ4v) is 2.73. The van der Waals surface area contributed by atoms with Crippen LogP contribution in [0.2, 0.25) is 0 Å². The van der Waals surface area contributed by atoms with E-state index in [2.05, 4.69) is 5.32 Å². The molecule has 124 valence electrons. The predicted octanol–water partition coefficient (Wildman–Crippen LogP) is 1.93. The monoisotopic (exact) mass is 310 g/mol. The Labute approximate surface area is 123 Å². The number of rotatable bonds is 6. The topological polar surface area (TPSA) is 52.6 Å². The Hall–Kier alpha value is -0.820. The number of nitrogens with zero attached hydrogens (tertiary/aromatic N) is 1. The minimum absolute atomic E-state index is 0.0516. The van der Waals surface area contributed by atoms with E-state index in [1.54, 1.807) is 4.90 Å². The van der Waals surface area contributed by atoms with E-state index in [-0.39, 0.29) is 18.4 Å². The van der Waals surface area contributed by atoms with Gasteiger partial charge in [0.25, 0.3) is 0 Å². The number of amides is 1. The Morgan fingerprint density at radius 3 is 2.57 bits per heavy atom. The number of hydrogen-bond donors (Lipinski definition) is 2. The van der Waals surface area contributed by atoms with E-state index in [0.29, 0.717) is 32.2 Å². The zero-order chi connectivity index (χ0) is 16.0. The van der Waals surface area contributed by atoms with Gasteiger partial charge in [-0.25, -0.2) is 0 Å². The molecule has 3 unspecified atom stereocenters. The maximum atomic E-state index is 12.3. The summed E-state index contributed by atoms with van der Waals surface area (Å²) in [6.07, 6.45) is -2.77. The van der Waals surface area contributed by atoms with Gasteiger partial charge < -0.3 is 15.3 Å². The van der Waals surface area contributed by atoms with Gasteiger partial charge in [-0.1, -0.05) is 13.8 Å². The molecule has 21 heavy (non-hydrogen) atoms. The van der Waals surface area contributed by atoms with Gasteiger partial charge in [-0.15, -0.1) is 0 Å². The lowest BCUT2D eigenvalue weighted by Crippen LogP contribution is -2.54. The van der Waals surface area contributed by atoms with Gasteiger partial charge in [-0.05, 0) is 19.3 Å². The zero-order valence-corrected chi connectivity index (χ0v) is 12.6. The first-order chi connectivity index (χ1) is 9.76. The second-order valence-corrected chi connectivity index (χ2v) is 5.71. The van der Waals surface area contributed by atoms with Crippen molar-refractivity contribution >= 4 is 5.91 Å². The van der Waals surface area contributed by atoms with Gasteiger partial charge in [0.05, 0.1) is 12.6 Å². The quantitative estimate of drug-likeness (QED) is 0.788. The molecule has 0 aromatic carbocycles. The Morgan fingerprint density at radius 1 is 1.38 bits per heavy atom. The molecule has 0 bridgehead atoms. The van der Waals surface area contributed by atoms with Crippen LogP contribution in [-0.4, -0.2) is 53.9 Å². The Morgan fingerprint density at radius 2 is 2.05 bits per heavy atom. The number of halogens is 3. The van der Waals surface area contributed by atoms with Crippen LogP contribution in [0.3, 0.4) is 0 Å². The summed E-state index contributed by atoms with van der Waals surface area (Å²) < 4.78 is 36.9. The lowest BCUT2D eigenvalue weighted by Gasteiger charge is -2.40. The molecule has 0 aliphatic carbocycles. The third-order valence-corrected chi connectivity index (χ3v) is 3.85. The number of aliphatic hydroxyl groups excluding tert-OH is 1. The second kappa shape index (κ2) is 7.98. The molecule has 1 rings (SSSR count). The zero-order valence-electron chi connectivity index (χ0n) is 12.6. The molecule has 4 nitrogen and oxygen atoms in total. The molecule has 0 aromatic rings. The van der Waals surface area contributed by atoms with Gasteiger partial charge in [-0.2, -0.15) is 13.2 Å². The molecule has 0 aromatic heterocycles. The summed E-state index contributed by atoms with van der Waals surface area (Å²) in [5.74, 6) is -0.223. The van der Waals surface area contributed by atoms with E-state index in [1.165, 1.54) is 0 Å². The number of alkyl halides is 3. The van der Waals surface area contributed by atoms with Gasteiger partial charge in [-0.3, -0.25) is 4.79 Å². The fourth-order valence-electron chi connectivity index (χ4n) is 2.73. The fraction of sp³-hybridized carbons (Fsp3) is 0.929. The van der Waals surface area contributed by atoms with E-state index in [4.69, 9.17) is 0 Å². The van der Waals surface area contributed by atoms with Gasteiger partial charge in [0, 0.05) is 31.5 Å². The van der Waals surface area contributed by atoms with Crippen LogP contribution in [0.5, 0.6) is 0 Å². The van der Waals surface area contributed by atoms with Gasteiger partial charge >= 0.3 is 6.18 Å². The van der Waals surface area contributed by atoms with Crippen LogP contribution in [0.1, 0.15) is 39.5 Å². The van der Waals surface area contributed by atoms with Crippen LogP contribution in [-0.2, 0) is 4.79 Å². The van der Waals surface area contributed by atoms with Crippen molar-refractivity contribution in [1.82, 2.24) is 10.2 Å². The standard InChI is InChI=1S/C14H25F3N2O2/c1-3-5-13(21)19-7-10(12(20)4-2)6-11(8-19)18-9-14(15,16)17/h10-12,18,20H,3-9H2,1-2H3. The highest BCUT2D eigenvalue weighted by Crippen LogP contribution is 2.23. The third-order valence-electron chi connectivity index (χ3n) is 3.85. The summed E-state index contributed by atoms with van der Waals surface area (Å²) >= 11 is 0. The summed E-state index contributed by atoms with van der Waals surface area (Å²) in [7, 11) is 0. The number of carbonyl (C=O) groups excluding carboxylic acids is 1. The Bertz CT molecular complexity index is 337. The van der Waals surface area contributed by atoms with Crippen LogP contribution in [0.25, 0.3) is 0 Å². The molecule has 1 amide bonds. The van der Waals surface area contributed by atoms with Crippen molar-refractivity contribution in [3.63, 3.8) is 0 Å². The van der Waals surface area contributed by atoms with Crippen molar-refractivity contribution in [2.24, 2.45) is 5.92 Å². The molecule has 0 radical (unpaired) electrons. The maximum Gasteiger partial charge on any atom is 0.401 e. The molecule has 1 aliphatic rings. The van der Waals surface area contributed by atoms with Crippen LogP contribution in [0, 0.1) is 5.92 Å². The van der Waals surface area contributed by atoms with Crippen molar-refractivity contribution in [2.75, 3.05) is 19.6 Å². The summed E-state index contributed by atoms with van der Waals surface area (Å²) in [6, 6.07) is -0.424. The van der Waals surface area contributed by atoms with Gasteiger partial charge in [0.2, 0.25) is 5.91 Å². The maximum absolute atomic E-state index is 12.3. The van der Waals surface area contributed by atoms with Gasteiger partial charge in [0.1, 0.15) is 0 Å². The Kier molecular flexibility index (Phi) is 6.93. The summed E-state index contributed by atoms with van der Waals surface area (Å²) in [6.45, 7) is 3.36. The number of piperidine rings is 1. The van der Waals surface area contributed by atoms with Crippen molar-refractivity contribution in [3.8, 4) is 0 Å². The van der Waals surface area contributed by atoms with Crippen molar-refractivity contribution in [1.29, 1.82) is 0 Å². The molecule has 1 fully saturated rings. The Balaban J connectivity index is 2.67. The van der Waals surface area contributed by atoms with E-state index < -0.39 is 24.9 Å². The first-order valence-corrected chi connectivity index (χ1v) is 7.52. The summed E-state index contributed by atoms with van der Waals surface area (Å²) in [4.78, 5) is 13.6. The largest absolute Gasteiger partial charge is 0.401 e. The highest BCUT2D eigenvalue weighted by Gasteiger charge is 2.35. The molecular formula is C14H25F3N2O2. The van der Waals surface area contributed by atoms with E-state index in [0.717, 1.165) is 0 Å². The normalized spacial score (nSPS) is 25.0. The third kappa shape index (κ3) is 6.22. The van der Waals surface area contributed by atoms with Crippen molar-refractivity contribution in [2.45, 2.75) is 57.9 Å². The lowest BCUT2D eigenvalue weighted by atomic mass is 9.88. The number of carbonyl (C=O) groups is 1. The summed E-state index contributed by atoms with van der Waals surface area (Å²) in [5.41, 5.74) is 0. The highest BCUT2D eigenvalue weighted by atomic mass is 19.4. The van der Waals surface area contributed by atoms with Crippen LogP contribution in [0.15, 0.2) is 0 Å². The molecule has 1 heterocycles. The summed E-state index contributed by atoms with van der Waals surface area (Å²) in [5, 5.41) is 12.4. The van der Waals surface area contributed by atoms with E-state index >= 15 is 0 Å². The molecule has 2 N–H and O–H groups in total. The molecule has 0 saturated carbocycles. The molecule has 1 saturated heterocycles. The SMILES string of the molecule is CCCC(=O)N1CC(NCC(F)(F)F)CC(C(O)CC)C1. The van der Waals surface area contributed by atoms with Crippen LogP contribution >= 0.6 is 0 Å². The highest BCUT2D eigenvalue weighted by molar-refractivity contribution is 5.76. The van der Waals surface area contributed by atoms with E-state index in [1.807, 2.05) is 13.8 Å². The smallest absolute Gasteiger partial charge is 0.393 e. The number of hydrogen-bond acceptors (Lipinski definition) is 3. The van der Waals surface area contributed by atoms with Gasteiger partial charge in [0.15, 0.2) is 0 Å². The average molecular weight is 310 g/mol. The van der Waals surface area contributed by atoms with Crippen LogP contribution in [0.4, 0.5) is 13.2 Å². The second-order valence-electron chi connectivity index (χ2n) is 5.71. The predicted molar refractivity (Wildman–Crippen MR) is 73.7 cm³/mol. The molecule has 0 spiro atoms. The lowest BCUT2D eigenvalue weighted by molar-refractivity contribution is -0.136. The van der Waals surface area contributed by atoms with Crippen molar-refractivity contribution in [3.05, 3.63) is 0 Å². The van der Waals surface area contributed by atoms with Crippen LogP contribution < -0.4 is 5.32 Å².